The fourth-order valence-electron chi connectivity index (χ4n) is 1.88. The minimum Gasteiger partial charge on any atom is -0.618 e. The molecule has 0 bridgehead atoms. The van der Waals surface area contributed by atoms with Gasteiger partial charge in [0.05, 0.1) is 5.39 Å². The Kier molecular flexibility index (Phi) is 1.97. The highest BCUT2D eigenvalue weighted by Crippen LogP contribution is 2.20. The third-order valence-electron chi connectivity index (χ3n) is 2.69. The van der Waals surface area contributed by atoms with Gasteiger partial charge < -0.3 is 10.3 Å². The fraction of sp³-hybridized carbons (Fsp3) is 0. The maximum Gasteiger partial charge on any atom is 0.304 e. The van der Waals surface area contributed by atoms with Crippen LogP contribution >= 0.6 is 0 Å². The van der Waals surface area contributed by atoms with Crippen LogP contribution in [0.2, 0.25) is 0 Å². The summed E-state index contributed by atoms with van der Waals surface area (Å²) in [6, 6.07) is 4.88. The molecule has 3 aromatic rings. The third kappa shape index (κ3) is 1.30. The molecule has 0 atom stereocenters. The molecule has 0 aliphatic heterocycles. The Morgan fingerprint density at radius 1 is 1.39 bits per heavy atom. The molecule has 0 amide bonds. The molecule has 0 saturated heterocycles. The normalized spacial score (nSPS) is 11.2. The van der Waals surface area contributed by atoms with Crippen molar-refractivity contribution in [2.45, 2.75) is 0 Å². The van der Waals surface area contributed by atoms with Gasteiger partial charge in [-0.3, -0.25) is 4.79 Å². The van der Waals surface area contributed by atoms with Crippen molar-refractivity contribution < 1.29 is 14.2 Å². The van der Waals surface area contributed by atoms with Crippen LogP contribution < -0.4 is 10.3 Å². The minimum atomic E-state index is -0.626. The van der Waals surface area contributed by atoms with Gasteiger partial charge in [-0.15, -0.1) is 5.10 Å². The van der Waals surface area contributed by atoms with Crippen molar-refractivity contribution in [1.82, 2.24) is 10.2 Å². The molecule has 0 aliphatic carbocycles. The third-order valence-corrected chi connectivity index (χ3v) is 2.69. The van der Waals surface area contributed by atoms with Crippen LogP contribution in [0.1, 0.15) is 0 Å². The zero-order valence-corrected chi connectivity index (χ0v) is 8.85. The fourth-order valence-corrected chi connectivity index (χ4v) is 1.88. The maximum atomic E-state index is 13.1. The molecule has 3 rings (SSSR count). The molecule has 0 aliphatic rings. The lowest BCUT2D eigenvalue weighted by atomic mass is 10.1. The minimum absolute atomic E-state index is 0.0457. The van der Waals surface area contributed by atoms with Gasteiger partial charge in [0, 0.05) is 6.07 Å². The molecule has 0 spiro atoms. The first-order chi connectivity index (χ1) is 8.58. The van der Waals surface area contributed by atoms with Crippen molar-refractivity contribution in [2.24, 2.45) is 0 Å². The number of nitrogens with zero attached hydrogens (tertiary/aromatic N) is 2. The van der Waals surface area contributed by atoms with E-state index in [0.717, 1.165) is 12.1 Å². The Hall–Kier alpha value is -2.70. The van der Waals surface area contributed by atoms with E-state index in [0.29, 0.717) is 4.73 Å². The van der Waals surface area contributed by atoms with Crippen molar-refractivity contribution in [1.29, 1.82) is 0 Å². The van der Waals surface area contributed by atoms with Gasteiger partial charge in [0.15, 0.2) is 0 Å². The molecule has 0 fully saturated rings. The summed E-state index contributed by atoms with van der Waals surface area (Å²) in [6.07, 6.45) is 0. The highest BCUT2D eigenvalue weighted by molar-refractivity contribution is 5.89. The monoisotopic (exact) mass is 247 g/mol. The van der Waals surface area contributed by atoms with Crippen LogP contribution in [-0.4, -0.2) is 15.3 Å². The Balaban J connectivity index is 2.65. The van der Waals surface area contributed by atoms with Gasteiger partial charge in [0.2, 0.25) is 5.52 Å². The number of aromatic hydroxyl groups is 1. The number of aromatic amines is 1. The molecule has 2 N–H and O–H groups in total. The first-order valence-corrected chi connectivity index (χ1v) is 5.01. The smallest absolute Gasteiger partial charge is 0.304 e. The van der Waals surface area contributed by atoms with Gasteiger partial charge in [-0.2, -0.15) is 4.73 Å². The molecular formula is C11H6FN3O3. The van der Waals surface area contributed by atoms with Crippen LogP contribution in [0.5, 0.6) is 5.88 Å². The van der Waals surface area contributed by atoms with E-state index in [1.807, 2.05) is 5.10 Å². The lowest BCUT2D eigenvalue weighted by Gasteiger charge is -2.05. The second-order valence-corrected chi connectivity index (χ2v) is 3.78. The van der Waals surface area contributed by atoms with E-state index in [9.17, 15) is 19.5 Å². The quantitative estimate of drug-likeness (QED) is 0.345. The summed E-state index contributed by atoms with van der Waals surface area (Å²) in [6.45, 7) is 0. The van der Waals surface area contributed by atoms with Crippen molar-refractivity contribution in [3.8, 4) is 5.88 Å². The van der Waals surface area contributed by atoms with E-state index in [1.54, 1.807) is 0 Å². The van der Waals surface area contributed by atoms with Gasteiger partial charge in [-0.05, 0) is 18.2 Å². The lowest BCUT2D eigenvalue weighted by molar-refractivity contribution is -0.548. The largest absolute Gasteiger partial charge is 0.618 e. The van der Waals surface area contributed by atoms with Gasteiger partial charge in [0.25, 0.3) is 11.1 Å². The Morgan fingerprint density at radius 3 is 2.94 bits per heavy atom. The summed E-state index contributed by atoms with van der Waals surface area (Å²) >= 11 is 0. The van der Waals surface area contributed by atoms with E-state index in [2.05, 4.69) is 5.10 Å². The van der Waals surface area contributed by atoms with Crippen LogP contribution in [0.3, 0.4) is 0 Å². The van der Waals surface area contributed by atoms with Crippen LogP contribution in [0, 0.1) is 11.0 Å². The van der Waals surface area contributed by atoms with Crippen LogP contribution in [0.4, 0.5) is 4.39 Å². The van der Waals surface area contributed by atoms with E-state index in [1.165, 1.54) is 12.1 Å². The highest BCUT2D eigenvalue weighted by Gasteiger charge is 2.18. The molecule has 90 valence electrons. The first-order valence-electron chi connectivity index (χ1n) is 5.01. The predicted molar refractivity (Wildman–Crippen MR) is 60.5 cm³/mol. The average Bonchev–Trinajstić information content (AvgIpc) is 2.33. The number of H-pyrrole nitrogens is 1. The molecular weight excluding hydrogens is 241 g/mol. The number of benzene rings is 1. The lowest BCUT2D eigenvalue weighted by Crippen LogP contribution is -2.30. The average molecular weight is 247 g/mol. The number of aromatic nitrogens is 3. The van der Waals surface area contributed by atoms with Gasteiger partial charge in [-0.25, -0.2) is 9.49 Å². The summed E-state index contributed by atoms with van der Waals surface area (Å²) in [7, 11) is 0. The molecule has 6 nitrogen and oxygen atoms in total. The van der Waals surface area contributed by atoms with Gasteiger partial charge >= 0.3 is 5.88 Å². The van der Waals surface area contributed by atoms with E-state index in [4.69, 9.17) is 0 Å². The van der Waals surface area contributed by atoms with E-state index >= 15 is 0 Å². The van der Waals surface area contributed by atoms with Gasteiger partial charge in [0.1, 0.15) is 11.2 Å². The number of hydrogen-bond donors (Lipinski definition) is 2. The predicted octanol–water partition coefficient (Wildman–Crippen LogP) is 0.554. The zero-order chi connectivity index (χ0) is 12.9. The number of nitrogens with one attached hydrogen (secondary N) is 1. The number of pyridine rings is 1. The summed E-state index contributed by atoms with van der Waals surface area (Å²) in [5, 5.41) is 27.1. The van der Waals surface area contributed by atoms with Crippen molar-refractivity contribution in [2.75, 3.05) is 0 Å². The van der Waals surface area contributed by atoms with Crippen LogP contribution in [-0.2, 0) is 0 Å². The molecule has 0 saturated carbocycles. The molecule has 7 heteroatoms. The number of rotatable bonds is 0. The zero-order valence-electron chi connectivity index (χ0n) is 8.85. The molecule has 18 heavy (non-hydrogen) atoms. The molecule has 0 unspecified atom stereocenters. The maximum absolute atomic E-state index is 13.1. The SMILES string of the molecule is O=c1[nH]nc(O)c2c1cc1cc(F)ccc1[n+]2[O-]. The molecule has 2 heterocycles. The van der Waals surface area contributed by atoms with Crippen LogP contribution in [0.15, 0.2) is 29.1 Å². The molecule has 0 radical (unpaired) electrons. The standard InChI is InChI=1S/C11H6FN3O3/c12-6-1-2-8-5(3-6)4-7-9(15(8)18)11(17)14-13-10(7)16/h1-4H,(H,13,16)(H,14,17). The summed E-state index contributed by atoms with van der Waals surface area (Å²) < 4.78 is 13.5. The van der Waals surface area contributed by atoms with Crippen molar-refractivity contribution >= 4 is 21.8 Å². The summed E-state index contributed by atoms with van der Waals surface area (Å²) in [5.74, 6) is -1.10. The second-order valence-electron chi connectivity index (χ2n) is 3.78. The number of fused-ring (bicyclic) bond motifs is 2. The second kappa shape index (κ2) is 3.39. The molecule has 1 aromatic carbocycles. The van der Waals surface area contributed by atoms with Gasteiger partial charge in [-0.1, -0.05) is 0 Å². The van der Waals surface area contributed by atoms with Crippen LogP contribution in [0.25, 0.3) is 21.8 Å². The summed E-state index contributed by atoms with van der Waals surface area (Å²) in [5.41, 5.74) is -0.719. The summed E-state index contributed by atoms with van der Waals surface area (Å²) in [4.78, 5) is 11.5. The Morgan fingerprint density at radius 2 is 2.17 bits per heavy atom. The van der Waals surface area contributed by atoms with E-state index in [-0.39, 0.29) is 21.8 Å². The highest BCUT2D eigenvalue weighted by atomic mass is 19.1. The topological polar surface area (TPSA) is 92.9 Å². The molecule has 2 aromatic heterocycles. The van der Waals surface area contributed by atoms with Crippen molar-refractivity contribution in [3.63, 3.8) is 0 Å². The Bertz CT molecular complexity index is 844. The first kappa shape index (κ1) is 10.5. The van der Waals surface area contributed by atoms with E-state index < -0.39 is 17.3 Å². The number of hydrogen-bond acceptors (Lipinski definition) is 4. The Labute approximate surface area is 98.5 Å². The van der Waals surface area contributed by atoms with Crippen molar-refractivity contribution in [3.05, 3.63) is 45.6 Å². The number of halogens is 1.